The number of hydrogen-bond acceptors (Lipinski definition) is 9. The molecule has 3 N–H and O–H groups in total. The van der Waals surface area contributed by atoms with Crippen LogP contribution >= 0.6 is 11.3 Å². The fourth-order valence-corrected chi connectivity index (χ4v) is 4.15. The Balaban J connectivity index is 1.51. The number of nitrogens with zero attached hydrogens (tertiary/aromatic N) is 6. The van der Waals surface area contributed by atoms with Gasteiger partial charge in [0.15, 0.2) is 16.3 Å². The number of thiazole rings is 1. The lowest BCUT2D eigenvalue weighted by Crippen LogP contribution is -2.55. The minimum absolute atomic E-state index is 0.121. The molecule has 170 valence electrons. The molecule has 0 saturated carbocycles. The van der Waals surface area contributed by atoms with E-state index in [0.717, 1.165) is 6.07 Å². The Morgan fingerprint density at radius 3 is 2.75 bits per heavy atom. The molecule has 2 amide bonds. The maximum absolute atomic E-state index is 13.4. The van der Waals surface area contributed by atoms with Crippen LogP contribution in [-0.4, -0.2) is 63.7 Å². The second-order valence-electron chi connectivity index (χ2n) is 7.08. The quantitative estimate of drug-likeness (QED) is 0.602. The maximum atomic E-state index is 13.4. The lowest BCUT2D eigenvalue weighted by molar-refractivity contribution is -0.140. The zero-order valence-corrected chi connectivity index (χ0v) is 17.9. The summed E-state index contributed by atoms with van der Waals surface area (Å²) in [7, 11) is 1.21. The number of fused-ring (bicyclic) bond motifs is 1. The summed E-state index contributed by atoms with van der Waals surface area (Å²) in [6, 6.07) is 1.53. The highest BCUT2D eigenvalue weighted by molar-refractivity contribution is 7.16. The van der Waals surface area contributed by atoms with Crippen molar-refractivity contribution in [1.29, 1.82) is 0 Å². The molecule has 1 atom stereocenters. The molecule has 0 bridgehead atoms. The van der Waals surface area contributed by atoms with E-state index < -0.39 is 23.6 Å². The molecule has 4 rings (SSSR count). The molecule has 1 aliphatic heterocycles. The van der Waals surface area contributed by atoms with Crippen molar-refractivity contribution in [2.75, 3.05) is 42.7 Å². The number of halogens is 3. The molecule has 10 nitrogen and oxygen atoms in total. The number of nitrogens with two attached hydrogens (primary N) is 1. The summed E-state index contributed by atoms with van der Waals surface area (Å²) < 4.78 is 44.9. The molecule has 0 aliphatic carbocycles. The number of carbonyl (C=O) groups excluding carboxylic acids is 1. The Kier molecular flexibility index (Phi) is 5.62. The number of methoxy groups -OCH3 is 1. The van der Waals surface area contributed by atoms with E-state index in [1.807, 2.05) is 11.8 Å². The number of aromatic nitrogens is 4. The highest BCUT2D eigenvalue weighted by Gasteiger charge is 2.37. The van der Waals surface area contributed by atoms with E-state index in [4.69, 9.17) is 10.5 Å². The Bertz CT molecular complexity index is 1150. The van der Waals surface area contributed by atoms with Crippen molar-refractivity contribution in [2.45, 2.75) is 19.1 Å². The van der Waals surface area contributed by atoms with Gasteiger partial charge in [0.25, 0.3) is 0 Å². The molecule has 14 heteroatoms. The number of anilines is 3. The summed E-state index contributed by atoms with van der Waals surface area (Å²) >= 11 is 1.34. The number of alkyl halides is 3. The van der Waals surface area contributed by atoms with Crippen LogP contribution in [0.3, 0.4) is 0 Å². The van der Waals surface area contributed by atoms with Crippen LogP contribution in [0.2, 0.25) is 0 Å². The van der Waals surface area contributed by atoms with E-state index >= 15 is 0 Å². The number of rotatable bonds is 3. The molecule has 1 unspecified atom stereocenters. The van der Waals surface area contributed by atoms with Gasteiger partial charge in [0, 0.05) is 31.7 Å². The van der Waals surface area contributed by atoms with E-state index in [9.17, 15) is 18.0 Å². The van der Waals surface area contributed by atoms with Crippen molar-refractivity contribution in [1.82, 2.24) is 24.8 Å². The summed E-state index contributed by atoms with van der Waals surface area (Å²) in [5.74, 6) is 0.492. The highest BCUT2D eigenvalue weighted by atomic mass is 32.1. The van der Waals surface area contributed by atoms with E-state index in [1.54, 1.807) is 5.51 Å². The molecule has 1 aliphatic rings. The molecular weight excluding hydrogens is 449 g/mol. The number of pyridine rings is 1. The lowest BCUT2D eigenvalue weighted by atomic mass is 10.2. The molecule has 4 heterocycles. The number of amides is 2. The Hall–Kier alpha value is -3.42. The van der Waals surface area contributed by atoms with Crippen LogP contribution in [-0.2, 0) is 6.18 Å². The van der Waals surface area contributed by atoms with Gasteiger partial charge in [-0.25, -0.2) is 19.7 Å². The van der Waals surface area contributed by atoms with Gasteiger partial charge < -0.3 is 25.6 Å². The molecule has 0 aromatic carbocycles. The SMILES string of the molecule is COc1ccc(NC(=O)N2CCN(c3nc(N)nc4scnc34)C(C)C2)c(C(F)(F)F)n1. The molecule has 0 spiro atoms. The summed E-state index contributed by atoms with van der Waals surface area (Å²) in [4.78, 5) is 33.0. The molecular formula is C18H19F3N8O2S. The van der Waals surface area contributed by atoms with Crippen molar-refractivity contribution in [3.63, 3.8) is 0 Å². The average Bonchev–Trinajstić information content (AvgIpc) is 3.21. The van der Waals surface area contributed by atoms with Gasteiger partial charge in [-0.15, -0.1) is 11.3 Å². The van der Waals surface area contributed by atoms with Crippen LogP contribution in [0.15, 0.2) is 17.6 Å². The first kappa shape index (κ1) is 21.8. The third-order valence-electron chi connectivity index (χ3n) is 4.97. The van der Waals surface area contributed by atoms with Gasteiger partial charge in [-0.1, -0.05) is 0 Å². The number of nitrogen functional groups attached to an aromatic ring is 1. The van der Waals surface area contributed by atoms with Gasteiger partial charge in [0.05, 0.1) is 18.3 Å². The molecule has 1 fully saturated rings. The standard InChI is InChI=1S/C18H19F3N8O2S/c1-9-7-28(5-6-29(9)14-12-15(32-8-23-12)27-16(22)26-14)17(30)24-10-3-4-11(31-2)25-13(10)18(19,20)21/h3-4,8-9H,5-7H2,1-2H3,(H,24,30)(H2,22,26,27). The zero-order valence-electron chi connectivity index (χ0n) is 17.0. The molecule has 32 heavy (non-hydrogen) atoms. The van der Waals surface area contributed by atoms with E-state index in [-0.39, 0.29) is 31.0 Å². The molecule has 0 radical (unpaired) electrons. The summed E-state index contributed by atoms with van der Waals surface area (Å²) in [5, 5.41) is 2.32. The van der Waals surface area contributed by atoms with Crippen LogP contribution < -0.4 is 20.7 Å². The van der Waals surface area contributed by atoms with E-state index in [0.29, 0.717) is 22.7 Å². The monoisotopic (exact) mass is 468 g/mol. The van der Waals surface area contributed by atoms with Crippen LogP contribution in [0.25, 0.3) is 10.3 Å². The topological polar surface area (TPSA) is 122 Å². The normalized spacial score (nSPS) is 17.0. The lowest BCUT2D eigenvalue weighted by Gasteiger charge is -2.40. The maximum Gasteiger partial charge on any atom is 0.435 e. The predicted octanol–water partition coefficient (Wildman–Crippen LogP) is 2.83. The Morgan fingerprint density at radius 1 is 1.28 bits per heavy atom. The molecule has 1 saturated heterocycles. The summed E-state index contributed by atoms with van der Waals surface area (Å²) in [6.45, 7) is 2.79. The fourth-order valence-electron chi connectivity index (χ4n) is 3.49. The second kappa shape index (κ2) is 8.26. The number of hydrogen-bond donors (Lipinski definition) is 2. The number of urea groups is 1. The number of nitrogens with one attached hydrogen (secondary N) is 1. The van der Waals surface area contributed by atoms with Gasteiger partial charge in [-0.2, -0.15) is 18.2 Å². The van der Waals surface area contributed by atoms with Crippen molar-refractivity contribution in [3.8, 4) is 5.88 Å². The minimum Gasteiger partial charge on any atom is -0.481 e. The van der Waals surface area contributed by atoms with Crippen molar-refractivity contribution in [3.05, 3.63) is 23.3 Å². The fraction of sp³-hybridized carbons (Fsp3) is 0.389. The smallest absolute Gasteiger partial charge is 0.435 e. The van der Waals surface area contributed by atoms with Gasteiger partial charge in [0.2, 0.25) is 11.8 Å². The number of ether oxygens (including phenoxy) is 1. The van der Waals surface area contributed by atoms with Gasteiger partial charge in [-0.3, -0.25) is 0 Å². The van der Waals surface area contributed by atoms with Crippen molar-refractivity contribution < 1.29 is 22.7 Å². The van der Waals surface area contributed by atoms with Gasteiger partial charge in [0.1, 0.15) is 5.52 Å². The van der Waals surface area contributed by atoms with E-state index in [1.165, 1.54) is 29.4 Å². The van der Waals surface area contributed by atoms with Crippen LogP contribution in [0, 0.1) is 0 Å². The van der Waals surface area contributed by atoms with Crippen molar-refractivity contribution >= 4 is 45.2 Å². The average molecular weight is 468 g/mol. The van der Waals surface area contributed by atoms with Gasteiger partial charge in [-0.05, 0) is 13.0 Å². The summed E-state index contributed by atoms with van der Waals surface area (Å²) in [5.41, 5.74) is 6.42. The predicted molar refractivity (Wildman–Crippen MR) is 113 cm³/mol. The Labute approximate surface area is 184 Å². The number of piperazine rings is 1. The zero-order chi connectivity index (χ0) is 23.0. The van der Waals surface area contributed by atoms with Crippen LogP contribution in [0.4, 0.5) is 35.4 Å². The first-order valence-corrected chi connectivity index (χ1v) is 10.4. The second-order valence-corrected chi connectivity index (χ2v) is 7.91. The van der Waals surface area contributed by atoms with Crippen LogP contribution in [0.1, 0.15) is 12.6 Å². The first-order valence-electron chi connectivity index (χ1n) is 9.49. The highest BCUT2D eigenvalue weighted by Crippen LogP contribution is 2.35. The summed E-state index contributed by atoms with van der Waals surface area (Å²) in [6.07, 6.45) is -4.75. The van der Waals surface area contributed by atoms with E-state index in [2.05, 4.69) is 25.3 Å². The van der Waals surface area contributed by atoms with Crippen molar-refractivity contribution in [2.24, 2.45) is 0 Å². The molecule has 3 aromatic rings. The minimum atomic E-state index is -4.75. The number of carbonyl (C=O) groups is 1. The third kappa shape index (κ3) is 4.17. The molecule has 3 aromatic heterocycles. The third-order valence-corrected chi connectivity index (χ3v) is 5.69. The van der Waals surface area contributed by atoms with Gasteiger partial charge >= 0.3 is 12.2 Å². The first-order chi connectivity index (χ1) is 15.2. The Morgan fingerprint density at radius 2 is 2.06 bits per heavy atom. The largest absolute Gasteiger partial charge is 0.481 e. The van der Waals surface area contributed by atoms with Crippen LogP contribution in [0.5, 0.6) is 5.88 Å².